The average molecular weight is 709 g/mol. The number of hydrogen-bond acceptors (Lipinski definition) is 11. The van der Waals surface area contributed by atoms with Crippen LogP contribution < -0.4 is 20.1 Å². The Balaban J connectivity index is 1.16. The normalized spacial score (nSPS) is 19.1. The highest BCUT2D eigenvalue weighted by Gasteiger charge is 2.40. The van der Waals surface area contributed by atoms with Crippen LogP contribution in [0.15, 0.2) is 109 Å². The van der Waals surface area contributed by atoms with Gasteiger partial charge in [-0.1, -0.05) is 104 Å². The van der Waals surface area contributed by atoms with E-state index in [-0.39, 0.29) is 31.0 Å². The fourth-order valence-corrected chi connectivity index (χ4v) is 7.69. The summed E-state index contributed by atoms with van der Waals surface area (Å²) in [7, 11) is -2.84. The van der Waals surface area contributed by atoms with Crippen LogP contribution in [0.1, 0.15) is 36.7 Å². The summed E-state index contributed by atoms with van der Waals surface area (Å²) < 4.78 is 46.7. The van der Waals surface area contributed by atoms with Crippen LogP contribution >= 0.6 is 7.75 Å². The van der Waals surface area contributed by atoms with Gasteiger partial charge in [0.15, 0.2) is 11.2 Å². The Morgan fingerprint density at radius 1 is 1.00 bits per heavy atom. The number of rotatable bonds is 13. The molecule has 0 saturated carbocycles. The molecule has 2 aromatic heterocycles. The highest BCUT2D eigenvalue weighted by molar-refractivity contribution is 7.52. The molecule has 0 radical (unpaired) electrons. The molecule has 4 aromatic carbocycles. The van der Waals surface area contributed by atoms with E-state index in [1.807, 2.05) is 73.7 Å². The minimum atomic E-state index is -4.33. The summed E-state index contributed by atoms with van der Waals surface area (Å²) in [4.78, 5) is 26.7. The fourth-order valence-electron chi connectivity index (χ4n) is 6.16. The second kappa shape index (κ2) is 14.9. The number of nitrogens with zero attached hydrogens (tertiary/aromatic N) is 4. The Labute approximate surface area is 294 Å². The molecule has 262 valence electrons. The maximum absolute atomic E-state index is 14.9. The van der Waals surface area contributed by atoms with Gasteiger partial charge in [-0.2, -0.15) is 15.1 Å². The lowest BCUT2D eigenvalue weighted by Crippen LogP contribution is -2.31. The number of benzene rings is 4. The molecule has 1 aliphatic rings. The third-order valence-electron chi connectivity index (χ3n) is 8.61. The molecule has 3 N–H and O–H groups in total. The van der Waals surface area contributed by atoms with E-state index >= 15 is 0 Å². The summed E-state index contributed by atoms with van der Waals surface area (Å²) in [5, 5.41) is 4.54. The molecular formula is C37H37N6O7P. The van der Waals surface area contributed by atoms with Crippen molar-refractivity contribution >= 4 is 41.6 Å². The van der Waals surface area contributed by atoms with Crippen molar-refractivity contribution in [2.24, 2.45) is 5.92 Å². The van der Waals surface area contributed by atoms with E-state index < -0.39 is 32.1 Å². The third kappa shape index (κ3) is 7.57. The van der Waals surface area contributed by atoms with E-state index in [4.69, 9.17) is 29.0 Å². The molecule has 6 aromatic rings. The van der Waals surface area contributed by atoms with Crippen LogP contribution in [0.4, 0.5) is 5.95 Å². The molecule has 3 heterocycles. The number of nitrogens with two attached hydrogens (primary N) is 1. The van der Waals surface area contributed by atoms with E-state index in [0.29, 0.717) is 28.9 Å². The molecule has 1 saturated heterocycles. The monoisotopic (exact) mass is 708 g/mol. The van der Waals surface area contributed by atoms with E-state index in [1.54, 1.807) is 47.3 Å². The predicted octanol–water partition coefficient (Wildman–Crippen LogP) is 6.77. The first-order valence-corrected chi connectivity index (χ1v) is 18.0. The molecule has 0 aliphatic carbocycles. The van der Waals surface area contributed by atoms with Gasteiger partial charge in [0.1, 0.15) is 24.6 Å². The summed E-state index contributed by atoms with van der Waals surface area (Å²) in [5.74, 6) is -0.0448. The van der Waals surface area contributed by atoms with Crippen LogP contribution in [0.5, 0.6) is 11.6 Å². The second-order valence-corrected chi connectivity index (χ2v) is 13.9. The molecule has 7 rings (SSSR count). The van der Waals surface area contributed by atoms with Gasteiger partial charge in [0.2, 0.25) is 11.8 Å². The first kappa shape index (κ1) is 34.1. The molecule has 1 aliphatic heterocycles. The van der Waals surface area contributed by atoms with Crippen molar-refractivity contribution in [3.63, 3.8) is 0 Å². The lowest BCUT2D eigenvalue weighted by Gasteiger charge is -2.26. The van der Waals surface area contributed by atoms with Crippen molar-refractivity contribution in [1.29, 1.82) is 0 Å². The number of nitrogens with one attached hydrogen (secondary N) is 1. The van der Waals surface area contributed by atoms with Gasteiger partial charge in [-0.25, -0.2) is 14.3 Å². The zero-order valence-corrected chi connectivity index (χ0v) is 28.9. The zero-order chi connectivity index (χ0) is 35.4. The van der Waals surface area contributed by atoms with Gasteiger partial charge in [0.05, 0.1) is 26.1 Å². The molecule has 4 unspecified atom stereocenters. The molecule has 13 nitrogen and oxygen atoms in total. The Hall–Kier alpha value is -5.33. The number of imidazole rings is 1. The van der Waals surface area contributed by atoms with Gasteiger partial charge in [-0.3, -0.25) is 9.09 Å². The third-order valence-corrected chi connectivity index (χ3v) is 10.1. The molecular weight excluding hydrogens is 671 g/mol. The molecule has 14 heteroatoms. The number of methoxy groups -OCH3 is 1. The van der Waals surface area contributed by atoms with Crippen LogP contribution in [0.25, 0.3) is 21.9 Å². The quantitative estimate of drug-likeness (QED) is 0.0958. The number of anilines is 1. The number of ether oxygens (including phenoxy) is 3. The van der Waals surface area contributed by atoms with Crippen molar-refractivity contribution in [1.82, 2.24) is 24.6 Å². The lowest BCUT2D eigenvalue weighted by atomic mass is 10.1. The zero-order valence-electron chi connectivity index (χ0n) is 28.0. The van der Waals surface area contributed by atoms with Crippen molar-refractivity contribution in [2.45, 2.75) is 38.3 Å². The van der Waals surface area contributed by atoms with Gasteiger partial charge in [-0.05, 0) is 29.0 Å². The van der Waals surface area contributed by atoms with Gasteiger partial charge >= 0.3 is 13.7 Å². The molecule has 1 fully saturated rings. The van der Waals surface area contributed by atoms with Crippen LogP contribution in [0.3, 0.4) is 0 Å². The van der Waals surface area contributed by atoms with Gasteiger partial charge < -0.3 is 24.5 Å². The largest absolute Gasteiger partial charge is 0.479 e. The summed E-state index contributed by atoms with van der Waals surface area (Å²) in [6.07, 6.45) is 1.17. The van der Waals surface area contributed by atoms with Crippen molar-refractivity contribution in [2.75, 3.05) is 19.5 Å². The summed E-state index contributed by atoms with van der Waals surface area (Å²) in [6, 6.07) is 30.0. The van der Waals surface area contributed by atoms with E-state index in [9.17, 15) is 9.36 Å². The molecule has 5 atom stereocenters. The number of carbonyl (C=O) groups is 1. The lowest BCUT2D eigenvalue weighted by molar-refractivity contribution is -0.147. The van der Waals surface area contributed by atoms with Crippen LogP contribution in [0, 0.1) is 5.92 Å². The van der Waals surface area contributed by atoms with E-state index in [2.05, 4.69) is 20.0 Å². The Kier molecular flexibility index (Phi) is 9.96. The minimum absolute atomic E-state index is 0.0189. The standard InChI is InChI=1S/C37H37N6O7P/c1-24-20-28(49-35(24)43-23-39-32-33(43)40-37(38)41-34(32)46-2)22-48-51(45,50-30-19-11-17-26-14-9-10-18-29(26)30)42-31(27-15-7-4-8-16-27)36(44)47-21-25-12-5-3-6-13-25/h3-19,23-24,28,31,35H,20-22H2,1-2H3,(H,42,45)(H2,38,40,41)/t24?,28?,31-,35?,51?/m0/s1. The summed E-state index contributed by atoms with van der Waals surface area (Å²) in [6.45, 7) is 1.93. The summed E-state index contributed by atoms with van der Waals surface area (Å²) in [5.41, 5.74) is 8.19. The Morgan fingerprint density at radius 3 is 2.51 bits per heavy atom. The smallest absolute Gasteiger partial charge is 0.459 e. The maximum Gasteiger partial charge on any atom is 0.459 e. The van der Waals surface area contributed by atoms with Gasteiger partial charge in [0.25, 0.3) is 0 Å². The number of aromatic nitrogens is 4. The fraction of sp³-hybridized carbons (Fsp3) is 0.243. The van der Waals surface area contributed by atoms with Crippen LogP contribution in [0.2, 0.25) is 0 Å². The number of nitrogen functional groups attached to an aromatic ring is 1. The van der Waals surface area contributed by atoms with Gasteiger partial charge in [0, 0.05) is 11.3 Å². The topological polar surface area (TPSA) is 162 Å². The molecule has 51 heavy (non-hydrogen) atoms. The highest BCUT2D eigenvalue weighted by atomic mass is 31.2. The van der Waals surface area contributed by atoms with Crippen molar-refractivity contribution < 1.29 is 32.6 Å². The maximum atomic E-state index is 14.9. The number of hydrogen-bond donors (Lipinski definition) is 2. The first-order chi connectivity index (χ1) is 24.8. The highest BCUT2D eigenvalue weighted by Crippen LogP contribution is 2.49. The molecule has 0 amide bonds. The van der Waals surface area contributed by atoms with E-state index in [0.717, 1.165) is 16.3 Å². The van der Waals surface area contributed by atoms with Crippen molar-refractivity contribution in [3.05, 3.63) is 121 Å². The Bertz CT molecular complexity index is 2180. The average Bonchev–Trinajstić information content (AvgIpc) is 3.75. The molecule has 0 spiro atoms. The van der Waals surface area contributed by atoms with Gasteiger partial charge in [-0.15, -0.1) is 0 Å². The minimum Gasteiger partial charge on any atom is -0.479 e. The van der Waals surface area contributed by atoms with Crippen LogP contribution in [-0.4, -0.2) is 45.3 Å². The predicted molar refractivity (Wildman–Crippen MR) is 191 cm³/mol. The van der Waals surface area contributed by atoms with Crippen LogP contribution in [-0.2, 0) is 30.0 Å². The first-order valence-electron chi connectivity index (χ1n) is 16.4. The number of carbonyl (C=O) groups excluding carboxylic acids is 1. The van der Waals surface area contributed by atoms with Crippen molar-refractivity contribution in [3.8, 4) is 11.6 Å². The molecule has 0 bridgehead atoms. The summed E-state index contributed by atoms with van der Waals surface area (Å²) >= 11 is 0. The number of fused-ring (bicyclic) bond motifs is 2. The second-order valence-electron chi connectivity index (χ2n) is 12.2. The Morgan fingerprint density at radius 2 is 1.73 bits per heavy atom. The van der Waals surface area contributed by atoms with E-state index in [1.165, 1.54) is 7.11 Å². The number of esters is 1. The SMILES string of the molecule is COc1nc(N)nc2c1ncn2C1OC(COP(=O)(N[C@H](C(=O)OCc2ccccc2)c2ccccc2)Oc2cccc3ccccc23)CC1C.